The number of hydrogen-bond donors (Lipinski definition) is 0. The molecule has 0 spiro atoms. The summed E-state index contributed by atoms with van der Waals surface area (Å²) < 4.78 is 11.4. The van der Waals surface area contributed by atoms with Gasteiger partial charge in [-0.2, -0.15) is 0 Å². The highest BCUT2D eigenvalue weighted by atomic mass is 16.5. The van der Waals surface area contributed by atoms with Gasteiger partial charge >= 0.3 is 5.97 Å². The van der Waals surface area contributed by atoms with Crippen molar-refractivity contribution >= 4 is 16.7 Å². The number of rotatable bonds is 7. The maximum Gasteiger partial charge on any atom is 0.320 e. The smallest absolute Gasteiger partial charge is 0.320 e. The third kappa shape index (κ3) is 6.21. The van der Waals surface area contributed by atoms with Gasteiger partial charge < -0.3 is 9.47 Å². The standard InChI is InChI=1S/C26H37NO3/c1-6-29-25(28)18-27(5)17-19-7-8-21-16-24(12-9-20(21)15-19)30-23-13-10-22(11-14-23)26(2,3)4/h7-9,12,15-16,22-23H,6,10-11,13-14,17-18H2,1-5H3. The highest BCUT2D eigenvalue weighted by Gasteiger charge is 2.30. The number of carbonyl (C=O) groups excluding carboxylic acids is 1. The summed E-state index contributed by atoms with van der Waals surface area (Å²) in [5.74, 6) is 1.59. The summed E-state index contributed by atoms with van der Waals surface area (Å²) in [4.78, 5) is 13.6. The molecule has 1 fully saturated rings. The number of likely N-dealkylation sites (N-methyl/N-ethyl adjacent to an activating group) is 1. The van der Waals surface area contributed by atoms with Crippen LogP contribution in [0.2, 0.25) is 0 Å². The zero-order valence-electron chi connectivity index (χ0n) is 19.2. The molecule has 0 unspecified atom stereocenters. The number of fused-ring (bicyclic) bond motifs is 1. The molecule has 4 heteroatoms. The van der Waals surface area contributed by atoms with Crippen LogP contribution in [0.3, 0.4) is 0 Å². The highest BCUT2D eigenvalue weighted by Crippen LogP contribution is 2.39. The zero-order valence-corrected chi connectivity index (χ0v) is 19.2. The third-order valence-electron chi connectivity index (χ3n) is 6.23. The quantitative estimate of drug-likeness (QED) is 0.538. The Hall–Kier alpha value is -2.07. The molecule has 3 rings (SSSR count). The fourth-order valence-electron chi connectivity index (χ4n) is 4.48. The topological polar surface area (TPSA) is 38.8 Å². The van der Waals surface area contributed by atoms with Crippen molar-refractivity contribution in [3.63, 3.8) is 0 Å². The van der Waals surface area contributed by atoms with E-state index in [0.29, 0.717) is 31.2 Å². The van der Waals surface area contributed by atoms with E-state index in [1.54, 1.807) is 0 Å². The Kier molecular flexibility index (Phi) is 7.41. The molecule has 1 aliphatic carbocycles. The molecule has 30 heavy (non-hydrogen) atoms. The van der Waals surface area contributed by atoms with Crippen LogP contribution in [0.15, 0.2) is 36.4 Å². The van der Waals surface area contributed by atoms with E-state index >= 15 is 0 Å². The number of benzene rings is 2. The molecule has 4 nitrogen and oxygen atoms in total. The van der Waals surface area contributed by atoms with Crippen molar-refractivity contribution in [3.05, 3.63) is 42.0 Å². The van der Waals surface area contributed by atoms with E-state index in [4.69, 9.17) is 9.47 Å². The molecule has 0 radical (unpaired) electrons. The minimum atomic E-state index is -0.181. The number of carbonyl (C=O) groups is 1. The Morgan fingerprint density at radius 3 is 2.37 bits per heavy atom. The third-order valence-corrected chi connectivity index (χ3v) is 6.23. The largest absolute Gasteiger partial charge is 0.490 e. The Balaban J connectivity index is 1.58. The minimum absolute atomic E-state index is 0.181. The van der Waals surface area contributed by atoms with E-state index in [2.05, 4.69) is 57.2 Å². The minimum Gasteiger partial charge on any atom is -0.490 e. The van der Waals surface area contributed by atoms with Crippen molar-refractivity contribution in [2.24, 2.45) is 11.3 Å². The van der Waals surface area contributed by atoms with Crippen molar-refractivity contribution in [1.29, 1.82) is 0 Å². The van der Waals surface area contributed by atoms with Gasteiger partial charge in [0.25, 0.3) is 0 Å². The van der Waals surface area contributed by atoms with Crippen LogP contribution in [0.5, 0.6) is 5.75 Å². The molecule has 2 aromatic carbocycles. The molecule has 0 heterocycles. The van der Waals surface area contributed by atoms with Gasteiger partial charge in [0.05, 0.1) is 19.3 Å². The van der Waals surface area contributed by atoms with Gasteiger partial charge in [-0.3, -0.25) is 9.69 Å². The van der Waals surface area contributed by atoms with Gasteiger partial charge in [0.1, 0.15) is 5.75 Å². The Morgan fingerprint density at radius 2 is 1.70 bits per heavy atom. The monoisotopic (exact) mass is 411 g/mol. The molecule has 0 atom stereocenters. The second kappa shape index (κ2) is 9.82. The fourth-order valence-corrected chi connectivity index (χ4v) is 4.48. The van der Waals surface area contributed by atoms with Gasteiger partial charge in [0.2, 0.25) is 0 Å². The first kappa shape index (κ1) is 22.6. The summed E-state index contributed by atoms with van der Waals surface area (Å²) in [5.41, 5.74) is 1.58. The van der Waals surface area contributed by atoms with Crippen LogP contribution in [-0.4, -0.2) is 37.2 Å². The Bertz CT molecular complexity index is 847. The lowest BCUT2D eigenvalue weighted by atomic mass is 9.72. The van der Waals surface area contributed by atoms with E-state index in [-0.39, 0.29) is 5.97 Å². The summed E-state index contributed by atoms with van der Waals surface area (Å²) in [6.45, 7) is 10.3. The normalized spacial score (nSPS) is 19.8. The molecule has 0 aromatic heterocycles. The summed E-state index contributed by atoms with van der Waals surface area (Å²) in [6.07, 6.45) is 5.13. The van der Waals surface area contributed by atoms with Gasteiger partial charge in [0.15, 0.2) is 0 Å². The van der Waals surface area contributed by atoms with Crippen molar-refractivity contribution in [2.45, 2.75) is 66.0 Å². The number of esters is 1. The number of nitrogens with zero attached hydrogens (tertiary/aromatic N) is 1. The van der Waals surface area contributed by atoms with Crippen LogP contribution in [0.1, 0.15) is 58.9 Å². The lowest BCUT2D eigenvalue weighted by molar-refractivity contribution is -0.144. The predicted molar refractivity (Wildman–Crippen MR) is 123 cm³/mol. The van der Waals surface area contributed by atoms with E-state index in [0.717, 1.165) is 24.5 Å². The molecule has 164 valence electrons. The average molecular weight is 412 g/mol. The first-order chi connectivity index (χ1) is 14.2. The second-order valence-electron chi connectivity index (χ2n) is 9.78. The number of ether oxygens (including phenoxy) is 2. The summed E-state index contributed by atoms with van der Waals surface area (Å²) in [6, 6.07) is 12.8. The van der Waals surface area contributed by atoms with Crippen LogP contribution < -0.4 is 4.74 Å². The molecule has 0 amide bonds. The molecule has 1 saturated carbocycles. The van der Waals surface area contributed by atoms with Crippen molar-refractivity contribution in [1.82, 2.24) is 4.90 Å². The molecule has 0 N–H and O–H groups in total. The van der Waals surface area contributed by atoms with Crippen LogP contribution in [0, 0.1) is 11.3 Å². The number of hydrogen-bond acceptors (Lipinski definition) is 4. The van der Waals surface area contributed by atoms with E-state index < -0.39 is 0 Å². The second-order valence-corrected chi connectivity index (χ2v) is 9.78. The Morgan fingerprint density at radius 1 is 1.03 bits per heavy atom. The van der Waals surface area contributed by atoms with Crippen LogP contribution in [-0.2, 0) is 16.1 Å². The molecule has 0 aliphatic heterocycles. The van der Waals surface area contributed by atoms with E-state index in [9.17, 15) is 4.79 Å². The van der Waals surface area contributed by atoms with Crippen LogP contribution >= 0.6 is 0 Å². The van der Waals surface area contributed by atoms with Crippen molar-refractivity contribution < 1.29 is 14.3 Å². The SMILES string of the molecule is CCOC(=O)CN(C)Cc1ccc2cc(OC3CCC(C(C)(C)C)CC3)ccc2c1. The summed E-state index contributed by atoms with van der Waals surface area (Å²) >= 11 is 0. The highest BCUT2D eigenvalue weighted by molar-refractivity contribution is 5.84. The van der Waals surface area contributed by atoms with E-state index in [1.165, 1.54) is 29.2 Å². The van der Waals surface area contributed by atoms with Gasteiger partial charge in [-0.15, -0.1) is 0 Å². The molecular weight excluding hydrogens is 374 g/mol. The Labute approximate surface area is 181 Å². The van der Waals surface area contributed by atoms with Crippen LogP contribution in [0.4, 0.5) is 0 Å². The maximum absolute atomic E-state index is 11.6. The van der Waals surface area contributed by atoms with Gasteiger partial charge in [-0.05, 0) is 85.5 Å². The molecule has 0 saturated heterocycles. The predicted octanol–water partition coefficient (Wildman–Crippen LogP) is 5.82. The van der Waals surface area contributed by atoms with Crippen molar-refractivity contribution in [2.75, 3.05) is 20.2 Å². The fraction of sp³-hybridized carbons (Fsp3) is 0.577. The van der Waals surface area contributed by atoms with E-state index in [1.807, 2.05) is 18.9 Å². The molecule has 2 aromatic rings. The molecule has 0 bridgehead atoms. The lowest BCUT2D eigenvalue weighted by Crippen LogP contribution is -2.30. The summed E-state index contributed by atoms with van der Waals surface area (Å²) in [5, 5.41) is 2.38. The van der Waals surface area contributed by atoms with Crippen LogP contribution in [0.25, 0.3) is 10.8 Å². The van der Waals surface area contributed by atoms with Gasteiger partial charge in [-0.25, -0.2) is 0 Å². The van der Waals surface area contributed by atoms with Gasteiger partial charge in [0, 0.05) is 6.54 Å². The average Bonchev–Trinajstić information content (AvgIpc) is 2.68. The molecule has 1 aliphatic rings. The van der Waals surface area contributed by atoms with Gasteiger partial charge in [-0.1, -0.05) is 39.0 Å². The molecular formula is C26H37NO3. The first-order valence-corrected chi connectivity index (χ1v) is 11.3. The van der Waals surface area contributed by atoms with Crippen molar-refractivity contribution in [3.8, 4) is 5.75 Å². The first-order valence-electron chi connectivity index (χ1n) is 11.3. The lowest BCUT2D eigenvalue weighted by Gasteiger charge is -2.37. The zero-order chi connectivity index (χ0) is 21.7. The maximum atomic E-state index is 11.6. The summed E-state index contributed by atoms with van der Waals surface area (Å²) in [7, 11) is 1.94.